The summed E-state index contributed by atoms with van der Waals surface area (Å²) in [6, 6.07) is 3.06. The van der Waals surface area contributed by atoms with Crippen LogP contribution in [0, 0.1) is 17.6 Å². The fourth-order valence-corrected chi connectivity index (χ4v) is 4.65. The van der Waals surface area contributed by atoms with Crippen molar-refractivity contribution in [2.24, 2.45) is 5.92 Å². The number of carbonyl (C=O) groups is 1. The summed E-state index contributed by atoms with van der Waals surface area (Å²) < 4.78 is 106. The van der Waals surface area contributed by atoms with E-state index in [1.165, 1.54) is 0 Å². The number of rotatable bonds is 6. The predicted octanol–water partition coefficient (Wildman–Crippen LogP) is 6.30. The van der Waals surface area contributed by atoms with Gasteiger partial charge in [-0.15, -0.1) is 0 Å². The summed E-state index contributed by atoms with van der Waals surface area (Å²) in [6.07, 6.45) is -8.16. The highest BCUT2D eigenvalue weighted by atomic mass is 19.4. The van der Waals surface area contributed by atoms with Crippen LogP contribution < -0.4 is 15.5 Å². The number of carbonyl (C=O) groups excluding carboxylic acids is 1. The Balaban J connectivity index is 1.38. The van der Waals surface area contributed by atoms with Gasteiger partial charge in [0.25, 0.3) is 0 Å². The maximum absolute atomic E-state index is 13.8. The Hall–Kier alpha value is -3.71. The van der Waals surface area contributed by atoms with E-state index in [4.69, 9.17) is 0 Å². The van der Waals surface area contributed by atoms with Gasteiger partial charge in [-0.25, -0.2) is 13.8 Å². The minimum atomic E-state index is -4.97. The first-order valence-corrected chi connectivity index (χ1v) is 12.3. The lowest BCUT2D eigenvalue weighted by molar-refractivity contribution is -0.143. The molecule has 0 unspecified atom stereocenters. The third-order valence-electron chi connectivity index (χ3n) is 6.69. The first-order valence-electron chi connectivity index (χ1n) is 12.3. The van der Waals surface area contributed by atoms with Crippen molar-refractivity contribution in [1.29, 1.82) is 0 Å². The fraction of sp³-hybridized carbons (Fsp3) is 0.423. The van der Waals surface area contributed by atoms with Gasteiger partial charge in [0.2, 0.25) is 11.9 Å². The number of alkyl halides is 6. The summed E-state index contributed by atoms with van der Waals surface area (Å²) in [7, 11) is 3.39. The largest absolute Gasteiger partial charge is 0.416 e. The van der Waals surface area contributed by atoms with Gasteiger partial charge < -0.3 is 15.5 Å². The topological polar surface area (TPSA) is 70.2 Å². The molecule has 1 aromatic heterocycles. The fourth-order valence-electron chi connectivity index (χ4n) is 4.65. The van der Waals surface area contributed by atoms with E-state index < -0.39 is 53.5 Å². The van der Waals surface area contributed by atoms with E-state index in [-0.39, 0.29) is 29.1 Å². The smallest absolute Gasteiger partial charge is 0.362 e. The molecule has 0 saturated heterocycles. The summed E-state index contributed by atoms with van der Waals surface area (Å²) in [4.78, 5) is 23.0. The van der Waals surface area contributed by atoms with Crippen molar-refractivity contribution < 1.29 is 39.9 Å². The van der Waals surface area contributed by atoms with E-state index in [0.29, 0.717) is 49.0 Å². The second kappa shape index (κ2) is 11.0. The maximum Gasteiger partial charge on any atom is 0.416 e. The van der Waals surface area contributed by atoms with Gasteiger partial charge in [-0.3, -0.25) is 4.79 Å². The molecule has 2 aromatic carbocycles. The van der Waals surface area contributed by atoms with Crippen molar-refractivity contribution in [3.8, 4) is 0 Å². The number of nitrogens with one attached hydrogen (secondary N) is 2. The van der Waals surface area contributed by atoms with Crippen molar-refractivity contribution in [2.75, 3.05) is 24.3 Å². The van der Waals surface area contributed by atoms with Crippen molar-refractivity contribution in [1.82, 2.24) is 15.3 Å². The number of fused-ring (bicyclic) bond motifs is 1. The van der Waals surface area contributed by atoms with Crippen LogP contribution in [0.25, 0.3) is 10.9 Å². The van der Waals surface area contributed by atoms with Crippen LogP contribution in [-0.2, 0) is 23.7 Å². The van der Waals surface area contributed by atoms with Crippen LogP contribution in [0.3, 0.4) is 0 Å². The molecular formula is C26H25F8N5O. The maximum atomic E-state index is 13.8. The molecule has 6 nitrogen and oxygen atoms in total. The third kappa shape index (κ3) is 6.70. The van der Waals surface area contributed by atoms with E-state index in [1.54, 1.807) is 19.0 Å². The second-order valence-corrected chi connectivity index (χ2v) is 9.87. The first kappa shape index (κ1) is 29.3. The van der Waals surface area contributed by atoms with Crippen LogP contribution in [0.1, 0.15) is 42.4 Å². The Morgan fingerprint density at radius 1 is 0.875 bits per heavy atom. The Labute approximate surface area is 223 Å². The molecule has 3 aromatic rings. The van der Waals surface area contributed by atoms with Crippen LogP contribution in [0.4, 0.5) is 46.9 Å². The zero-order chi connectivity index (χ0) is 29.4. The lowest BCUT2D eigenvalue weighted by Gasteiger charge is -2.29. The van der Waals surface area contributed by atoms with Crippen molar-refractivity contribution in [3.05, 3.63) is 58.7 Å². The minimum Gasteiger partial charge on any atom is -0.362 e. The molecule has 1 aliphatic rings. The SMILES string of the molecule is CN(C)c1nc(N[C@H]2CC[C@@H](C(=O)NCc3cc(C(F)(F)F)cc(C(F)(F)F)c3)CC2)nc2cc(F)c(F)cc12. The summed E-state index contributed by atoms with van der Waals surface area (Å²) in [5.74, 6) is -2.46. The molecule has 1 fully saturated rings. The van der Waals surface area contributed by atoms with Gasteiger partial charge in [-0.05, 0) is 55.5 Å². The van der Waals surface area contributed by atoms with Crippen LogP contribution in [0.15, 0.2) is 30.3 Å². The number of nitrogens with zero attached hydrogens (tertiary/aromatic N) is 3. The highest BCUT2D eigenvalue weighted by molar-refractivity contribution is 5.90. The molecule has 1 saturated carbocycles. The van der Waals surface area contributed by atoms with Crippen LogP contribution >= 0.6 is 0 Å². The summed E-state index contributed by atoms with van der Waals surface area (Å²) in [6.45, 7) is -0.487. The lowest BCUT2D eigenvalue weighted by Crippen LogP contribution is -2.36. The lowest BCUT2D eigenvalue weighted by atomic mass is 9.85. The average molecular weight is 576 g/mol. The summed E-state index contributed by atoms with van der Waals surface area (Å²) in [5.41, 5.74) is -3.00. The highest BCUT2D eigenvalue weighted by Crippen LogP contribution is 2.36. The molecule has 4 rings (SSSR count). The molecule has 14 heteroatoms. The Kier molecular flexibility index (Phi) is 8.08. The van der Waals surface area contributed by atoms with E-state index >= 15 is 0 Å². The number of anilines is 2. The summed E-state index contributed by atoms with van der Waals surface area (Å²) >= 11 is 0. The molecule has 0 atom stereocenters. The minimum absolute atomic E-state index is 0.0368. The molecule has 0 spiro atoms. The zero-order valence-corrected chi connectivity index (χ0v) is 21.4. The molecule has 1 amide bonds. The third-order valence-corrected chi connectivity index (χ3v) is 6.69. The Morgan fingerprint density at radius 2 is 1.45 bits per heavy atom. The van der Waals surface area contributed by atoms with E-state index in [1.807, 2.05) is 0 Å². The molecule has 216 valence electrons. The van der Waals surface area contributed by atoms with Gasteiger partial charge in [0.05, 0.1) is 16.6 Å². The molecule has 1 heterocycles. The predicted molar refractivity (Wildman–Crippen MR) is 131 cm³/mol. The Bertz CT molecular complexity index is 1370. The van der Waals surface area contributed by atoms with E-state index in [9.17, 15) is 39.9 Å². The van der Waals surface area contributed by atoms with Gasteiger partial charge in [0, 0.05) is 44.1 Å². The molecule has 0 aliphatic heterocycles. The van der Waals surface area contributed by atoms with E-state index in [2.05, 4.69) is 20.6 Å². The normalized spacial score (nSPS) is 18.1. The monoisotopic (exact) mass is 575 g/mol. The standard InChI is InChI=1S/C26H25F8N5O/c1-39(2)22-18-10-19(27)20(28)11-21(18)37-24(38-22)36-17-5-3-14(4-6-17)23(40)35-12-13-7-15(25(29,30)31)9-16(8-13)26(32,33)34/h7-11,14,17H,3-6,12H2,1-2H3,(H,35,40)(H,36,37,38)/t14-,17+. The second-order valence-electron chi connectivity index (χ2n) is 9.87. The molecule has 40 heavy (non-hydrogen) atoms. The van der Waals surface area contributed by atoms with Gasteiger partial charge >= 0.3 is 12.4 Å². The number of benzene rings is 2. The zero-order valence-electron chi connectivity index (χ0n) is 21.4. The summed E-state index contributed by atoms with van der Waals surface area (Å²) in [5, 5.41) is 5.93. The number of amides is 1. The number of hydrogen-bond donors (Lipinski definition) is 2. The van der Waals surface area contributed by atoms with Crippen LogP contribution in [0.5, 0.6) is 0 Å². The number of aromatic nitrogens is 2. The molecule has 0 radical (unpaired) electrons. The van der Waals surface area contributed by atoms with Crippen LogP contribution in [-0.4, -0.2) is 36.0 Å². The van der Waals surface area contributed by atoms with E-state index in [0.717, 1.165) is 12.1 Å². The molecule has 1 aliphatic carbocycles. The first-order chi connectivity index (χ1) is 18.6. The van der Waals surface area contributed by atoms with Crippen LogP contribution in [0.2, 0.25) is 0 Å². The van der Waals surface area contributed by atoms with Gasteiger partial charge in [-0.1, -0.05) is 0 Å². The van der Waals surface area contributed by atoms with Crippen molar-refractivity contribution in [2.45, 2.75) is 50.6 Å². The van der Waals surface area contributed by atoms with Gasteiger partial charge in [-0.2, -0.15) is 31.3 Å². The van der Waals surface area contributed by atoms with Crippen molar-refractivity contribution >= 4 is 28.6 Å². The molecule has 2 N–H and O–H groups in total. The number of hydrogen-bond acceptors (Lipinski definition) is 5. The number of halogens is 8. The highest BCUT2D eigenvalue weighted by Gasteiger charge is 2.37. The quantitative estimate of drug-likeness (QED) is 0.338. The molecular weight excluding hydrogens is 550 g/mol. The molecule has 0 bridgehead atoms. The van der Waals surface area contributed by atoms with Gasteiger partial charge in [0.15, 0.2) is 11.6 Å². The van der Waals surface area contributed by atoms with Crippen molar-refractivity contribution in [3.63, 3.8) is 0 Å². The van der Waals surface area contributed by atoms with Gasteiger partial charge in [0.1, 0.15) is 5.82 Å². The Morgan fingerprint density at radius 3 is 2.00 bits per heavy atom. The average Bonchev–Trinajstić information content (AvgIpc) is 2.87.